The molecule has 0 spiro atoms. The van der Waals surface area contributed by atoms with E-state index in [1.165, 1.54) is 6.42 Å². The maximum atomic E-state index is 6.15. The highest BCUT2D eigenvalue weighted by molar-refractivity contribution is 6.32. The molecular formula is C14H19Cl2NO. The number of halogens is 2. The molecule has 0 amide bonds. The third-order valence-electron chi connectivity index (χ3n) is 3.85. The van der Waals surface area contributed by atoms with Crippen LogP contribution < -0.4 is 4.74 Å². The van der Waals surface area contributed by atoms with Gasteiger partial charge in [-0.3, -0.25) is 0 Å². The van der Waals surface area contributed by atoms with Gasteiger partial charge in [0.05, 0.1) is 0 Å². The summed E-state index contributed by atoms with van der Waals surface area (Å²) in [6.45, 7) is 4.59. The molecule has 2 nitrogen and oxygen atoms in total. The summed E-state index contributed by atoms with van der Waals surface area (Å²) in [5.74, 6) is 2.44. The van der Waals surface area contributed by atoms with Gasteiger partial charge in [0.1, 0.15) is 11.1 Å². The summed E-state index contributed by atoms with van der Waals surface area (Å²) in [4.78, 5) is 4.25. The van der Waals surface area contributed by atoms with Gasteiger partial charge in [0, 0.05) is 12.1 Å². The third kappa shape index (κ3) is 3.30. The molecule has 1 fully saturated rings. The van der Waals surface area contributed by atoms with Gasteiger partial charge < -0.3 is 4.74 Å². The van der Waals surface area contributed by atoms with Crippen LogP contribution in [0.25, 0.3) is 0 Å². The van der Waals surface area contributed by atoms with E-state index in [2.05, 4.69) is 18.8 Å². The first kappa shape index (κ1) is 14.0. The Morgan fingerprint density at radius 2 is 2.11 bits per heavy atom. The fourth-order valence-corrected chi connectivity index (χ4v) is 2.77. The van der Waals surface area contributed by atoms with Crippen LogP contribution in [0.15, 0.2) is 12.3 Å². The predicted octanol–water partition coefficient (Wildman–Crippen LogP) is 4.68. The topological polar surface area (TPSA) is 22.1 Å². The second kappa shape index (κ2) is 6.12. The molecule has 0 aliphatic heterocycles. The van der Waals surface area contributed by atoms with Crippen LogP contribution in [0.2, 0.25) is 5.02 Å². The van der Waals surface area contributed by atoms with E-state index in [1.54, 1.807) is 6.20 Å². The van der Waals surface area contributed by atoms with Crippen molar-refractivity contribution in [1.29, 1.82) is 0 Å². The van der Waals surface area contributed by atoms with Crippen molar-refractivity contribution in [3.05, 3.63) is 22.8 Å². The summed E-state index contributed by atoms with van der Waals surface area (Å²) in [5, 5.41) is 0.555. The molecule has 1 aliphatic rings. The molecule has 2 rings (SSSR count). The van der Waals surface area contributed by atoms with Gasteiger partial charge >= 0.3 is 0 Å². The Kier molecular flexibility index (Phi) is 4.74. The van der Waals surface area contributed by atoms with E-state index in [0.29, 0.717) is 22.7 Å². The number of nitrogens with zero attached hydrogens (tertiary/aromatic N) is 1. The van der Waals surface area contributed by atoms with Crippen LogP contribution >= 0.6 is 23.2 Å². The van der Waals surface area contributed by atoms with Gasteiger partial charge in [-0.1, -0.05) is 25.4 Å². The largest absolute Gasteiger partial charge is 0.473 e. The molecule has 1 aliphatic carbocycles. The molecule has 0 bridgehead atoms. The van der Waals surface area contributed by atoms with Gasteiger partial charge in [-0.05, 0) is 42.7 Å². The Morgan fingerprint density at radius 3 is 2.72 bits per heavy atom. The molecule has 1 saturated carbocycles. The zero-order chi connectivity index (χ0) is 13.1. The van der Waals surface area contributed by atoms with Gasteiger partial charge in [0.15, 0.2) is 0 Å². The zero-order valence-electron chi connectivity index (χ0n) is 10.8. The second-order valence-corrected chi connectivity index (χ2v) is 5.95. The molecule has 0 radical (unpaired) electrons. The van der Waals surface area contributed by atoms with Crippen molar-refractivity contribution in [2.24, 2.45) is 11.8 Å². The first-order chi connectivity index (χ1) is 8.60. The Labute approximate surface area is 119 Å². The number of hydrogen-bond donors (Lipinski definition) is 0. The Bertz CT molecular complexity index is 411. The van der Waals surface area contributed by atoms with Crippen molar-refractivity contribution >= 4 is 23.2 Å². The number of aromatic nitrogens is 1. The van der Waals surface area contributed by atoms with Crippen molar-refractivity contribution in [1.82, 2.24) is 4.98 Å². The van der Waals surface area contributed by atoms with E-state index in [0.717, 1.165) is 24.3 Å². The van der Waals surface area contributed by atoms with Gasteiger partial charge in [-0.15, -0.1) is 11.6 Å². The SMILES string of the molecule is CC1CCC(Oc2ncc(CCl)cc2Cl)CC1C. The maximum absolute atomic E-state index is 6.15. The lowest BCUT2D eigenvalue weighted by Gasteiger charge is -2.32. The highest BCUT2D eigenvalue weighted by atomic mass is 35.5. The average Bonchev–Trinajstić information content (AvgIpc) is 2.36. The summed E-state index contributed by atoms with van der Waals surface area (Å²) in [5.41, 5.74) is 0.916. The number of pyridine rings is 1. The summed E-state index contributed by atoms with van der Waals surface area (Å²) in [7, 11) is 0. The standard InChI is InChI=1S/C14H19Cl2NO/c1-9-3-4-12(5-10(9)2)18-14-13(16)6-11(7-15)8-17-14/h6,8-10,12H,3-5,7H2,1-2H3. The van der Waals surface area contributed by atoms with Crippen LogP contribution in [0.5, 0.6) is 5.88 Å². The van der Waals surface area contributed by atoms with Crippen LogP contribution in [-0.2, 0) is 5.88 Å². The first-order valence-corrected chi connectivity index (χ1v) is 7.38. The van der Waals surface area contributed by atoms with Crippen molar-refractivity contribution in [2.45, 2.75) is 45.1 Å². The van der Waals surface area contributed by atoms with Gasteiger partial charge in [-0.2, -0.15) is 0 Å². The molecule has 1 aromatic heterocycles. The second-order valence-electron chi connectivity index (χ2n) is 5.27. The number of rotatable bonds is 3. The van der Waals surface area contributed by atoms with E-state index in [4.69, 9.17) is 27.9 Å². The van der Waals surface area contributed by atoms with E-state index in [1.807, 2.05) is 6.07 Å². The number of hydrogen-bond acceptors (Lipinski definition) is 2. The van der Waals surface area contributed by atoms with Crippen molar-refractivity contribution in [2.75, 3.05) is 0 Å². The van der Waals surface area contributed by atoms with E-state index < -0.39 is 0 Å². The molecule has 0 saturated heterocycles. The summed E-state index contributed by atoms with van der Waals surface area (Å²) in [6, 6.07) is 1.83. The lowest BCUT2D eigenvalue weighted by molar-refractivity contribution is 0.0965. The van der Waals surface area contributed by atoms with E-state index in [-0.39, 0.29) is 6.10 Å². The molecule has 0 N–H and O–H groups in total. The highest BCUT2D eigenvalue weighted by Crippen LogP contribution is 2.33. The summed E-state index contributed by atoms with van der Waals surface area (Å²) < 4.78 is 5.92. The molecule has 4 heteroatoms. The minimum Gasteiger partial charge on any atom is -0.473 e. The Balaban J connectivity index is 2.01. The monoisotopic (exact) mass is 287 g/mol. The maximum Gasteiger partial charge on any atom is 0.232 e. The van der Waals surface area contributed by atoms with Crippen LogP contribution in [0.3, 0.4) is 0 Å². The molecule has 3 unspecified atom stereocenters. The number of alkyl halides is 1. The zero-order valence-corrected chi connectivity index (χ0v) is 12.3. The molecular weight excluding hydrogens is 269 g/mol. The summed E-state index contributed by atoms with van der Waals surface area (Å²) >= 11 is 11.9. The van der Waals surface area contributed by atoms with Crippen LogP contribution in [0.4, 0.5) is 0 Å². The molecule has 1 aromatic rings. The molecule has 0 aromatic carbocycles. The van der Waals surface area contributed by atoms with E-state index in [9.17, 15) is 0 Å². The smallest absolute Gasteiger partial charge is 0.232 e. The van der Waals surface area contributed by atoms with Crippen molar-refractivity contribution in [3.63, 3.8) is 0 Å². The van der Waals surface area contributed by atoms with Crippen LogP contribution in [0, 0.1) is 11.8 Å². The Morgan fingerprint density at radius 1 is 1.33 bits per heavy atom. The Hall–Kier alpha value is -0.470. The van der Waals surface area contributed by atoms with E-state index >= 15 is 0 Å². The fraction of sp³-hybridized carbons (Fsp3) is 0.643. The molecule has 1 heterocycles. The first-order valence-electron chi connectivity index (χ1n) is 6.47. The van der Waals surface area contributed by atoms with Crippen molar-refractivity contribution in [3.8, 4) is 5.88 Å². The van der Waals surface area contributed by atoms with Crippen molar-refractivity contribution < 1.29 is 4.74 Å². The van der Waals surface area contributed by atoms with Crippen LogP contribution in [-0.4, -0.2) is 11.1 Å². The normalized spacial score (nSPS) is 28.1. The van der Waals surface area contributed by atoms with Gasteiger partial charge in [0.25, 0.3) is 0 Å². The summed E-state index contributed by atoms with van der Waals surface area (Å²) in [6.07, 6.45) is 5.34. The van der Waals surface area contributed by atoms with Crippen LogP contribution in [0.1, 0.15) is 38.7 Å². The third-order valence-corrected chi connectivity index (χ3v) is 4.43. The molecule has 100 valence electrons. The lowest BCUT2D eigenvalue weighted by Crippen LogP contribution is -2.29. The lowest BCUT2D eigenvalue weighted by atomic mass is 9.80. The van der Waals surface area contributed by atoms with Gasteiger partial charge in [0.2, 0.25) is 5.88 Å². The minimum atomic E-state index is 0.239. The quantitative estimate of drug-likeness (QED) is 0.753. The van der Waals surface area contributed by atoms with Gasteiger partial charge in [-0.25, -0.2) is 4.98 Å². The predicted molar refractivity (Wildman–Crippen MR) is 75.4 cm³/mol. The average molecular weight is 288 g/mol. The highest BCUT2D eigenvalue weighted by Gasteiger charge is 2.26. The fourth-order valence-electron chi connectivity index (χ4n) is 2.39. The number of ether oxygens (including phenoxy) is 1. The molecule has 3 atom stereocenters. The molecule has 18 heavy (non-hydrogen) atoms. The minimum absolute atomic E-state index is 0.239.